The van der Waals surface area contributed by atoms with Gasteiger partial charge in [-0.3, -0.25) is 0 Å². The Morgan fingerprint density at radius 3 is 3.00 bits per heavy atom. The lowest BCUT2D eigenvalue weighted by atomic mass is 9.91. The van der Waals surface area contributed by atoms with E-state index in [0.29, 0.717) is 18.0 Å². The molecule has 0 amide bonds. The molecular weight excluding hydrogens is 252 g/mol. The fourth-order valence-electron chi connectivity index (χ4n) is 2.79. The number of aromatic nitrogens is 2. The van der Waals surface area contributed by atoms with Crippen LogP contribution in [0.25, 0.3) is 11.5 Å². The predicted molar refractivity (Wildman–Crippen MR) is 78.3 cm³/mol. The van der Waals surface area contributed by atoms with Crippen molar-refractivity contribution in [2.75, 3.05) is 5.32 Å². The minimum absolute atomic E-state index is 0.320. The highest BCUT2D eigenvalue weighted by atomic mass is 16.4. The van der Waals surface area contributed by atoms with Gasteiger partial charge in [0.15, 0.2) is 0 Å². The maximum absolute atomic E-state index is 6.05. The van der Waals surface area contributed by atoms with Crippen LogP contribution in [0.4, 0.5) is 5.69 Å². The van der Waals surface area contributed by atoms with E-state index in [9.17, 15) is 0 Å². The molecule has 2 aromatic rings. The average molecular weight is 272 g/mol. The summed E-state index contributed by atoms with van der Waals surface area (Å²) in [6, 6.07) is 6.92. The molecule has 3 N–H and O–H groups in total. The highest BCUT2D eigenvalue weighted by Gasteiger charge is 2.19. The minimum Gasteiger partial charge on any atom is -0.423 e. The lowest BCUT2D eigenvalue weighted by molar-refractivity contribution is 0.409. The Labute approximate surface area is 118 Å². The van der Waals surface area contributed by atoms with Gasteiger partial charge in [-0.25, -0.2) is 0 Å². The molecule has 3 rings (SSSR count). The number of hydrogen-bond donors (Lipinski definition) is 2. The quantitative estimate of drug-likeness (QED) is 0.898. The zero-order valence-electron chi connectivity index (χ0n) is 11.7. The van der Waals surface area contributed by atoms with E-state index in [1.807, 2.05) is 6.07 Å². The van der Waals surface area contributed by atoms with Crippen LogP contribution in [0.15, 0.2) is 29.0 Å². The Kier molecular flexibility index (Phi) is 3.69. The fraction of sp³-hybridized carbons (Fsp3) is 0.467. The smallest absolute Gasteiger partial charge is 0.247 e. The molecule has 0 aliphatic heterocycles. The summed E-state index contributed by atoms with van der Waals surface area (Å²) in [5, 5.41) is 11.3. The van der Waals surface area contributed by atoms with Gasteiger partial charge in [-0.2, -0.15) is 0 Å². The van der Waals surface area contributed by atoms with Crippen LogP contribution < -0.4 is 11.1 Å². The van der Waals surface area contributed by atoms with E-state index < -0.39 is 0 Å². The van der Waals surface area contributed by atoms with Crippen LogP contribution in [-0.2, 0) is 0 Å². The number of anilines is 1. The monoisotopic (exact) mass is 272 g/mol. The summed E-state index contributed by atoms with van der Waals surface area (Å²) in [7, 11) is 0. The minimum atomic E-state index is 0.320. The van der Waals surface area contributed by atoms with E-state index in [-0.39, 0.29) is 0 Å². The first-order chi connectivity index (χ1) is 9.72. The predicted octanol–water partition coefficient (Wildman–Crippen LogP) is 2.73. The van der Waals surface area contributed by atoms with Crippen molar-refractivity contribution in [1.82, 2.24) is 10.2 Å². The van der Waals surface area contributed by atoms with Crippen LogP contribution in [0.5, 0.6) is 0 Å². The number of hydrogen-bond acceptors (Lipinski definition) is 5. The number of benzene rings is 1. The van der Waals surface area contributed by atoms with Crippen LogP contribution in [0.1, 0.15) is 31.2 Å². The largest absolute Gasteiger partial charge is 0.423 e. The van der Waals surface area contributed by atoms with E-state index >= 15 is 0 Å². The van der Waals surface area contributed by atoms with Gasteiger partial charge in [0, 0.05) is 23.3 Å². The van der Waals surface area contributed by atoms with Gasteiger partial charge in [-0.05, 0) is 50.3 Å². The molecule has 1 fully saturated rings. The van der Waals surface area contributed by atoms with E-state index in [2.05, 4.69) is 34.6 Å². The van der Waals surface area contributed by atoms with Crippen molar-refractivity contribution in [3.63, 3.8) is 0 Å². The first-order valence-corrected chi connectivity index (χ1v) is 7.11. The number of rotatable bonds is 3. The fourth-order valence-corrected chi connectivity index (χ4v) is 2.79. The molecule has 0 saturated heterocycles. The van der Waals surface area contributed by atoms with Crippen molar-refractivity contribution in [3.8, 4) is 11.5 Å². The van der Waals surface area contributed by atoms with Crippen molar-refractivity contribution in [2.24, 2.45) is 5.73 Å². The highest BCUT2D eigenvalue weighted by Crippen LogP contribution is 2.27. The van der Waals surface area contributed by atoms with Gasteiger partial charge in [-0.15, -0.1) is 10.2 Å². The summed E-state index contributed by atoms with van der Waals surface area (Å²) in [6.07, 6.45) is 5.89. The van der Waals surface area contributed by atoms with Crippen LogP contribution in [0.2, 0.25) is 0 Å². The maximum atomic E-state index is 6.05. The molecule has 1 aromatic heterocycles. The van der Waals surface area contributed by atoms with Crippen molar-refractivity contribution in [1.29, 1.82) is 0 Å². The SMILES string of the molecule is Cc1ccc(-c2nnco2)cc1NC1CCCC(N)C1. The second-order valence-electron chi connectivity index (χ2n) is 5.54. The summed E-state index contributed by atoms with van der Waals surface area (Å²) in [4.78, 5) is 0. The van der Waals surface area contributed by atoms with Crippen molar-refractivity contribution in [3.05, 3.63) is 30.2 Å². The normalized spacial score (nSPS) is 22.7. The Balaban J connectivity index is 1.80. The molecule has 2 unspecified atom stereocenters. The third-order valence-corrected chi connectivity index (χ3v) is 3.92. The summed E-state index contributed by atoms with van der Waals surface area (Å²) >= 11 is 0. The van der Waals surface area contributed by atoms with Gasteiger partial charge in [0.05, 0.1) is 0 Å². The number of nitrogens with two attached hydrogens (primary N) is 1. The van der Waals surface area contributed by atoms with Gasteiger partial charge in [0.2, 0.25) is 12.3 Å². The topological polar surface area (TPSA) is 77.0 Å². The Bertz CT molecular complexity index is 567. The van der Waals surface area contributed by atoms with E-state index in [0.717, 1.165) is 24.1 Å². The Morgan fingerprint density at radius 1 is 1.35 bits per heavy atom. The molecule has 1 heterocycles. The van der Waals surface area contributed by atoms with Crippen LogP contribution in [-0.4, -0.2) is 22.3 Å². The van der Waals surface area contributed by atoms with Crippen molar-refractivity contribution >= 4 is 5.69 Å². The van der Waals surface area contributed by atoms with Crippen LogP contribution in [0.3, 0.4) is 0 Å². The van der Waals surface area contributed by atoms with Gasteiger partial charge in [0.25, 0.3) is 0 Å². The van der Waals surface area contributed by atoms with Crippen molar-refractivity contribution in [2.45, 2.75) is 44.7 Å². The molecule has 1 saturated carbocycles. The van der Waals surface area contributed by atoms with Crippen LogP contribution >= 0.6 is 0 Å². The van der Waals surface area contributed by atoms with Gasteiger partial charge < -0.3 is 15.5 Å². The lowest BCUT2D eigenvalue weighted by Crippen LogP contribution is -2.35. The summed E-state index contributed by atoms with van der Waals surface area (Å²) in [5.41, 5.74) is 9.33. The summed E-state index contributed by atoms with van der Waals surface area (Å²) < 4.78 is 5.25. The molecular formula is C15H20N4O. The maximum Gasteiger partial charge on any atom is 0.247 e. The standard InChI is InChI=1S/C15H20N4O/c1-10-5-6-11(15-19-17-9-20-15)7-14(10)18-13-4-2-3-12(16)8-13/h5-7,9,12-13,18H,2-4,8,16H2,1H3. The second-order valence-corrected chi connectivity index (χ2v) is 5.54. The van der Waals surface area contributed by atoms with Crippen LogP contribution in [0, 0.1) is 6.92 Å². The lowest BCUT2D eigenvalue weighted by Gasteiger charge is -2.28. The molecule has 0 spiro atoms. The number of aryl methyl sites for hydroxylation is 1. The van der Waals surface area contributed by atoms with Gasteiger partial charge in [-0.1, -0.05) is 6.07 Å². The zero-order valence-corrected chi connectivity index (χ0v) is 11.7. The molecule has 1 aliphatic carbocycles. The zero-order chi connectivity index (χ0) is 13.9. The summed E-state index contributed by atoms with van der Waals surface area (Å²) in [6.45, 7) is 2.10. The molecule has 20 heavy (non-hydrogen) atoms. The second kappa shape index (κ2) is 5.63. The van der Waals surface area contributed by atoms with E-state index in [4.69, 9.17) is 10.2 Å². The molecule has 1 aromatic carbocycles. The van der Waals surface area contributed by atoms with E-state index in [1.54, 1.807) is 0 Å². The molecule has 2 atom stereocenters. The highest BCUT2D eigenvalue weighted by molar-refractivity contribution is 5.64. The molecule has 0 bridgehead atoms. The number of nitrogens with one attached hydrogen (secondary N) is 1. The third-order valence-electron chi connectivity index (χ3n) is 3.92. The van der Waals surface area contributed by atoms with E-state index in [1.165, 1.54) is 24.8 Å². The first-order valence-electron chi connectivity index (χ1n) is 7.11. The molecule has 5 nitrogen and oxygen atoms in total. The third kappa shape index (κ3) is 2.82. The first kappa shape index (κ1) is 13.1. The molecule has 1 aliphatic rings. The van der Waals surface area contributed by atoms with Gasteiger partial charge >= 0.3 is 0 Å². The van der Waals surface area contributed by atoms with Crippen molar-refractivity contribution < 1.29 is 4.42 Å². The van der Waals surface area contributed by atoms with Gasteiger partial charge in [0.1, 0.15) is 0 Å². The molecule has 106 valence electrons. The molecule has 0 radical (unpaired) electrons. The number of nitrogens with zero attached hydrogens (tertiary/aromatic N) is 2. The average Bonchev–Trinajstić information content (AvgIpc) is 2.95. The Hall–Kier alpha value is -1.88. The molecule has 5 heteroatoms. The Morgan fingerprint density at radius 2 is 2.25 bits per heavy atom. The summed E-state index contributed by atoms with van der Waals surface area (Å²) in [5.74, 6) is 0.549.